The maximum absolute atomic E-state index is 12.8. The standard InChI is InChI=1S/C8H7F3N2O2/c9-5-2-1-4(7(12)8(10)11)3-6(5)13(14)15/h1-3,7-8H,12H2/t7-/m0/s1. The molecule has 0 unspecified atom stereocenters. The lowest BCUT2D eigenvalue weighted by Gasteiger charge is -2.10. The number of hydrogen-bond acceptors (Lipinski definition) is 3. The molecule has 0 saturated carbocycles. The molecule has 0 bridgehead atoms. The summed E-state index contributed by atoms with van der Waals surface area (Å²) in [7, 11) is 0. The Hall–Kier alpha value is -1.63. The molecule has 1 rings (SSSR count). The molecule has 15 heavy (non-hydrogen) atoms. The quantitative estimate of drug-likeness (QED) is 0.625. The van der Waals surface area contributed by atoms with Crippen molar-refractivity contribution in [2.45, 2.75) is 12.5 Å². The summed E-state index contributed by atoms with van der Waals surface area (Å²) in [6.45, 7) is 0. The van der Waals surface area contributed by atoms with E-state index in [1.165, 1.54) is 0 Å². The van der Waals surface area contributed by atoms with Gasteiger partial charge < -0.3 is 5.73 Å². The molecular formula is C8H7F3N2O2. The SMILES string of the molecule is N[C@@H](c1ccc(F)c([N+](=O)[O-])c1)C(F)F. The number of nitro benzene ring substituents is 1. The summed E-state index contributed by atoms with van der Waals surface area (Å²) in [5.41, 5.74) is 4.04. The summed E-state index contributed by atoms with van der Waals surface area (Å²) < 4.78 is 37.1. The van der Waals surface area contributed by atoms with Crippen molar-refractivity contribution in [1.29, 1.82) is 0 Å². The average Bonchev–Trinajstić information content (AvgIpc) is 2.16. The van der Waals surface area contributed by atoms with E-state index < -0.39 is 28.9 Å². The summed E-state index contributed by atoms with van der Waals surface area (Å²) >= 11 is 0. The highest BCUT2D eigenvalue weighted by Gasteiger charge is 2.22. The fraction of sp³-hybridized carbons (Fsp3) is 0.250. The Bertz CT molecular complexity index is 384. The topological polar surface area (TPSA) is 69.2 Å². The number of hydrogen-bond donors (Lipinski definition) is 1. The van der Waals surface area contributed by atoms with E-state index in [0.717, 1.165) is 12.1 Å². The maximum Gasteiger partial charge on any atom is 0.305 e. The zero-order valence-corrected chi connectivity index (χ0v) is 7.36. The van der Waals surface area contributed by atoms with Gasteiger partial charge >= 0.3 is 5.69 Å². The number of alkyl halides is 2. The molecule has 0 amide bonds. The van der Waals surface area contributed by atoms with Crippen molar-refractivity contribution < 1.29 is 18.1 Å². The second kappa shape index (κ2) is 4.26. The molecule has 1 atom stereocenters. The molecule has 0 radical (unpaired) electrons. The minimum Gasteiger partial charge on any atom is -0.319 e. The van der Waals surface area contributed by atoms with Crippen LogP contribution in [0.2, 0.25) is 0 Å². The summed E-state index contributed by atoms with van der Waals surface area (Å²) in [6.07, 6.45) is -2.85. The van der Waals surface area contributed by atoms with E-state index in [1.54, 1.807) is 0 Å². The van der Waals surface area contributed by atoms with Crippen molar-refractivity contribution in [2.75, 3.05) is 0 Å². The molecule has 0 fully saturated rings. The molecule has 82 valence electrons. The van der Waals surface area contributed by atoms with Gasteiger partial charge in [0.2, 0.25) is 5.82 Å². The lowest BCUT2D eigenvalue weighted by molar-refractivity contribution is -0.387. The molecule has 1 aromatic rings. The smallest absolute Gasteiger partial charge is 0.305 e. The highest BCUT2D eigenvalue weighted by atomic mass is 19.3. The van der Waals surface area contributed by atoms with Crippen molar-refractivity contribution >= 4 is 5.69 Å². The van der Waals surface area contributed by atoms with E-state index in [1.807, 2.05) is 0 Å². The molecule has 0 heterocycles. The van der Waals surface area contributed by atoms with E-state index in [-0.39, 0.29) is 5.56 Å². The van der Waals surface area contributed by atoms with Crippen LogP contribution in [0.3, 0.4) is 0 Å². The van der Waals surface area contributed by atoms with Crippen LogP contribution in [0.25, 0.3) is 0 Å². The molecule has 1 aromatic carbocycles. The van der Waals surface area contributed by atoms with Crippen molar-refractivity contribution in [3.63, 3.8) is 0 Å². The number of nitro groups is 1. The highest BCUT2D eigenvalue weighted by Crippen LogP contribution is 2.24. The lowest BCUT2D eigenvalue weighted by atomic mass is 10.1. The number of benzene rings is 1. The van der Waals surface area contributed by atoms with Crippen molar-refractivity contribution in [3.8, 4) is 0 Å². The Kier molecular flexibility index (Phi) is 3.25. The third kappa shape index (κ3) is 2.44. The Morgan fingerprint density at radius 3 is 2.47 bits per heavy atom. The number of rotatable bonds is 3. The predicted molar refractivity (Wildman–Crippen MR) is 46.0 cm³/mol. The first kappa shape index (κ1) is 11.4. The van der Waals surface area contributed by atoms with Gasteiger partial charge in [-0.1, -0.05) is 6.07 Å². The van der Waals surface area contributed by atoms with E-state index in [2.05, 4.69) is 0 Å². The molecule has 0 aliphatic rings. The van der Waals surface area contributed by atoms with E-state index in [0.29, 0.717) is 6.07 Å². The second-order valence-corrected chi connectivity index (χ2v) is 2.83. The van der Waals surface area contributed by atoms with E-state index in [4.69, 9.17) is 5.73 Å². The van der Waals surface area contributed by atoms with Crippen LogP contribution in [0.15, 0.2) is 18.2 Å². The molecule has 0 aromatic heterocycles. The van der Waals surface area contributed by atoms with Crippen molar-refractivity contribution in [2.24, 2.45) is 5.73 Å². The fourth-order valence-electron chi connectivity index (χ4n) is 1.02. The minimum atomic E-state index is -2.85. The number of halogens is 3. The summed E-state index contributed by atoms with van der Waals surface area (Å²) in [4.78, 5) is 9.31. The predicted octanol–water partition coefficient (Wildman–Crippen LogP) is 2.00. The van der Waals surface area contributed by atoms with E-state index >= 15 is 0 Å². The van der Waals surface area contributed by atoms with Gasteiger partial charge in [0.15, 0.2) is 0 Å². The minimum absolute atomic E-state index is 0.168. The molecule has 4 nitrogen and oxygen atoms in total. The zero-order chi connectivity index (χ0) is 11.6. The van der Waals surface area contributed by atoms with E-state index in [9.17, 15) is 23.3 Å². The largest absolute Gasteiger partial charge is 0.319 e. The first-order valence-electron chi connectivity index (χ1n) is 3.91. The van der Waals surface area contributed by atoms with Gasteiger partial charge in [0.05, 0.1) is 11.0 Å². The average molecular weight is 220 g/mol. The van der Waals surface area contributed by atoms with Gasteiger partial charge in [0.1, 0.15) is 0 Å². The third-order valence-corrected chi connectivity index (χ3v) is 1.82. The van der Waals surface area contributed by atoms with Gasteiger partial charge in [-0.15, -0.1) is 0 Å². The van der Waals surface area contributed by atoms with Crippen LogP contribution in [-0.4, -0.2) is 11.3 Å². The molecule has 0 aliphatic carbocycles. The normalized spacial score (nSPS) is 12.9. The van der Waals surface area contributed by atoms with Gasteiger partial charge in [0.25, 0.3) is 6.43 Å². The van der Waals surface area contributed by atoms with Crippen LogP contribution in [-0.2, 0) is 0 Å². The first-order chi connectivity index (χ1) is 6.93. The highest BCUT2D eigenvalue weighted by molar-refractivity contribution is 5.37. The van der Waals surface area contributed by atoms with Crippen LogP contribution in [0.1, 0.15) is 11.6 Å². The third-order valence-electron chi connectivity index (χ3n) is 1.82. The number of nitrogens with zero attached hydrogens (tertiary/aromatic N) is 1. The van der Waals surface area contributed by atoms with Crippen LogP contribution in [0, 0.1) is 15.9 Å². The van der Waals surface area contributed by atoms with Gasteiger partial charge in [0, 0.05) is 6.07 Å². The van der Waals surface area contributed by atoms with Crippen LogP contribution in [0.5, 0.6) is 0 Å². The van der Waals surface area contributed by atoms with Gasteiger partial charge in [-0.25, -0.2) is 8.78 Å². The molecule has 0 spiro atoms. The number of nitrogens with two attached hydrogens (primary N) is 1. The maximum atomic E-state index is 12.8. The monoisotopic (exact) mass is 220 g/mol. The fourth-order valence-corrected chi connectivity index (χ4v) is 1.02. The zero-order valence-electron chi connectivity index (χ0n) is 7.36. The van der Waals surface area contributed by atoms with Crippen molar-refractivity contribution in [1.82, 2.24) is 0 Å². The summed E-state index contributed by atoms with van der Waals surface area (Å²) in [6, 6.07) is 0.811. The summed E-state index contributed by atoms with van der Waals surface area (Å²) in [5, 5.41) is 10.3. The molecule has 7 heteroatoms. The molecule has 0 aliphatic heterocycles. The van der Waals surface area contributed by atoms with Crippen LogP contribution in [0.4, 0.5) is 18.9 Å². The Labute approximate surface area is 82.7 Å². The molecular weight excluding hydrogens is 213 g/mol. The molecule has 0 saturated heterocycles. The van der Waals surface area contributed by atoms with Crippen LogP contribution < -0.4 is 5.73 Å². The van der Waals surface area contributed by atoms with Gasteiger partial charge in [-0.3, -0.25) is 10.1 Å². The molecule has 2 N–H and O–H groups in total. The Morgan fingerprint density at radius 2 is 2.00 bits per heavy atom. The van der Waals surface area contributed by atoms with Gasteiger partial charge in [-0.05, 0) is 11.6 Å². The second-order valence-electron chi connectivity index (χ2n) is 2.83. The first-order valence-corrected chi connectivity index (χ1v) is 3.91. The van der Waals surface area contributed by atoms with Crippen LogP contribution >= 0.6 is 0 Å². The van der Waals surface area contributed by atoms with Crippen molar-refractivity contribution in [3.05, 3.63) is 39.7 Å². The van der Waals surface area contributed by atoms with Gasteiger partial charge in [-0.2, -0.15) is 4.39 Å². The summed E-state index contributed by atoms with van der Waals surface area (Å²) in [5.74, 6) is -1.08. The Balaban J connectivity index is 3.13. The lowest BCUT2D eigenvalue weighted by Crippen LogP contribution is -2.19. The Morgan fingerprint density at radius 1 is 1.40 bits per heavy atom.